The summed E-state index contributed by atoms with van der Waals surface area (Å²) in [6.45, 7) is 3.09. The monoisotopic (exact) mass is 406 g/mol. The number of rotatable bonds is 10. The minimum Gasteiger partial charge on any atom is -0.493 e. The van der Waals surface area contributed by atoms with Gasteiger partial charge >= 0.3 is 0 Å². The third kappa shape index (κ3) is 6.24. The molecule has 0 atom stereocenters. The van der Waals surface area contributed by atoms with Gasteiger partial charge in [0.25, 0.3) is 5.91 Å². The minimum atomic E-state index is -3.70. The van der Waals surface area contributed by atoms with Crippen molar-refractivity contribution < 1.29 is 22.7 Å². The SMILES string of the molecule is CCCCOc1ccc(C(=O)NCCc2ccc(S(N)(=O)=O)cc2)cc1OC. The highest BCUT2D eigenvalue weighted by Crippen LogP contribution is 2.28. The second kappa shape index (κ2) is 10.1. The molecule has 0 fully saturated rings. The molecule has 3 N–H and O–H groups in total. The number of hydrogen-bond acceptors (Lipinski definition) is 5. The first-order valence-electron chi connectivity index (χ1n) is 9.06. The molecule has 2 rings (SSSR count). The maximum Gasteiger partial charge on any atom is 0.251 e. The van der Waals surface area contributed by atoms with Crippen LogP contribution in [0.15, 0.2) is 47.4 Å². The molecule has 0 saturated carbocycles. The molecule has 0 aromatic heterocycles. The summed E-state index contributed by atoms with van der Waals surface area (Å²) in [7, 11) is -2.16. The number of amides is 1. The van der Waals surface area contributed by atoms with Gasteiger partial charge in [0.2, 0.25) is 10.0 Å². The van der Waals surface area contributed by atoms with Crippen LogP contribution in [-0.2, 0) is 16.4 Å². The van der Waals surface area contributed by atoms with Crippen molar-refractivity contribution in [3.63, 3.8) is 0 Å². The first-order valence-corrected chi connectivity index (χ1v) is 10.6. The van der Waals surface area contributed by atoms with Crippen LogP contribution in [0.1, 0.15) is 35.7 Å². The molecule has 7 nitrogen and oxygen atoms in total. The van der Waals surface area contributed by atoms with Crippen molar-refractivity contribution in [2.75, 3.05) is 20.3 Å². The second-order valence-electron chi connectivity index (χ2n) is 6.26. The van der Waals surface area contributed by atoms with Crippen LogP contribution in [0.3, 0.4) is 0 Å². The molecule has 0 radical (unpaired) electrons. The van der Waals surface area contributed by atoms with Crippen LogP contribution in [0.2, 0.25) is 0 Å². The highest BCUT2D eigenvalue weighted by Gasteiger charge is 2.11. The fourth-order valence-electron chi connectivity index (χ4n) is 2.52. The summed E-state index contributed by atoms with van der Waals surface area (Å²) >= 11 is 0. The number of carbonyl (C=O) groups is 1. The highest BCUT2D eigenvalue weighted by atomic mass is 32.2. The molecule has 0 heterocycles. The molecule has 0 spiro atoms. The van der Waals surface area contributed by atoms with E-state index in [1.54, 1.807) is 30.3 Å². The van der Waals surface area contributed by atoms with Gasteiger partial charge < -0.3 is 14.8 Å². The van der Waals surface area contributed by atoms with Gasteiger partial charge in [0, 0.05) is 12.1 Å². The fraction of sp³-hybridized carbons (Fsp3) is 0.350. The zero-order valence-corrected chi connectivity index (χ0v) is 16.9. The standard InChI is InChI=1S/C20H26N2O5S/c1-3-4-13-27-18-10-7-16(14-19(18)26-2)20(23)22-12-11-15-5-8-17(9-6-15)28(21,24)25/h5-10,14H,3-4,11-13H2,1-2H3,(H,22,23)(H2,21,24,25). The molecule has 0 saturated heterocycles. The van der Waals surface area contributed by atoms with E-state index in [9.17, 15) is 13.2 Å². The number of methoxy groups -OCH3 is 1. The Kier molecular flexibility index (Phi) is 7.83. The molecule has 28 heavy (non-hydrogen) atoms. The van der Waals surface area contributed by atoms with E-state index in [1.165, 1.54) is 19.2 Å². The predicted octanol–water partition coefficient (Wildman–Crippen LogP) is 2.49. The quantitative estimate of drug-likeness (QED) is 0.590. The summed E-state index contributed by atoms with van der Waals surface area (Å²) in [6, 6.07) is 11.3. The number of hydrogen-bond donors (Lipinski definition) is 2. The molecule has 152 valence electrons. The maximum absolute atomic E-state index is 12.4. The van der Waals surface area contributed by atoms with Crippen molar-refractivity contribution in [1.82, 2.24) is 5.32 Å². The van der Waals surface area contributed by atoms with Gasteiger partial charge in [-0.3, -0.25) is 4.79 Å². The average molecular weight is 407 g/mol. The van der Waals surface area contributed by atoms with E-state index in [-0.39, 0.29) is 10.8 Å². The van der Waals surface area contributed by atoms with E-state index < -0.39 is 10.0 Å². The summed E-state index contributed by atoms with van der Waals surface area (Å²) in [6.07, 6.45) is 2.54. The normalized spacial score (nSPS) is 11.1. The lowest BCUT2D eigenvalue weighted by Crippen LogP contribution is -2.25. The van der Waals surface area contributed by atoms with E-state index in [1.807, 2.05) is 0 Å². The van der Waals surface area contributed by atoms with Crippen LogP contribution < -0.4 is 19.9 Å². The second-order valence-corrected chi connectivity index (χ2v) is 7.82. The van der Waals surface area contributed by atoms with Crippen LogP contribution in [0.4, 0.5) is 0 Å². The topological polar surface area (TPSA) is 108 Å². The summed E-state index contributed by atoms with van der Waals surface area (Å²) in [5, 5.41) is 7.91. The van der Waals surface area contributed by atoms with Crippen molar-refractivity contribution in [2.45, 2.75) is 31.1 Å². The lowest BCUT2D eigenvalue weighted by Gasteiger charge is -2.12. The summed E-state index contributed by atoms with van der Waals surface area (Å²) in [5.41, 5.74) is 1.37. The largest absolute Gasteiger partial charge is 0.493 e. The predicted molar refractivity (Wildman–Crippen MR) is 107 cm³/mol. The van der Waals surface area contributed by atoms with Gasteiger partial charge in [-0.2, -0.15) is 0 Å². The molecule has 0 aliphatic heterocycles. The maximum atomic E-state index is 12.4. The van der Waals surface area contributed by atoms with Gasteiger partial charge in [-0.1, -0.05) is 25.5 Å². The molecular formula is C20H26N2O5S. The Morgan fingerprint density at radius 2 is 1.82 bits per heavy atom. The van der Waals surface area contributed by atoms with Gasteiger partial charge in [-0.05, 0) is 48.7 Å². The number of primary sulfonamides is 1. The Labute approximate surface area is 165 Å². The Balaban J connectivity index is 1.92. The third-order valence-corrected chi connectivity index (χ3v) is 5.06. The smallest absolute Gasteiger partial charge is 0.251 e. The van der Waals surface area contributed by atoms with Gasteiger partial charge in [0.1, 0.15) is 0 Å². The molecule has 0 aliphatic rings. The number of nitrogens with one attached hydrogen (secondary N) is 1. The number of sulfonamides is 1. The zero-order valence-electron chi connectivity index (χ0n) is 16.1. The summed E-state index contributed by atoms with van der Waals surface area (Å²) in [4.78, 5) is 12.4. The van der Waals surface area contributed by atoms with Crippen LogP contribution in [0.25, 0.3) is 0 Å². The summed E-state index contributed by atoms with van der Waals surface area (Å²) < 4.78 is 33.5. The van der Waals surface area contributed by atoms with Crippen molar-refractivity contribution >= 4 is 15.9 Å². The van der Waals surface area contributed by atoms with E-state index in [2.05, 4.69) is 12.2 Å². The number of nitrogens with two attached hydrogens (primary N) is 1. The number of unbranched alkanes of at least 4 members (excludes halogenated alkanes) is 1. The molecule has 2 aromatic carbocycles. The zero-order chi connectivity index (χ0) is 20.6. The van der Waals surface area contributed by atoms with Crippen LogP contribution in [0.5, 0.6) is 11.5 Å². The molecule has 0 aliphatic carbocycles. The van der Waals surface area contributed by atoms with Gasteiger partial charge in [0.05, 0.1) is 18.6 Å². The molecule has 1 amide bonds. The molecular weight excluding hydrogens is 380 g/mol. The molecule has 8 heteroatoms. The van der Waals surface area contributed by atoms with Crippen LogP contribution in [-0.4, -0.2) is 34.6 Å². The average Bonchev–Trinajstić information content (AvgIpc) is 2.68. The van der Waals surface area contributed by atoms with Crippen LogP contribution >= 0.6 is 0 Å². The van der Waals surface area contributed by atoms with Gasteiger partial charge in [-0.15, -0.1) is 0 Å². The Bertz CT molecular complexity index is 895. The third-order valence-electron chi connectivity index (χ3n) is 4.13. The lowest BCUT2D eigenvalue weighted by atomic mass is 10.1. The van der Waals surface area contributed by atoms with E-state index in [0.717, 1.165) is 18.4 Å². The molecule has 0 unspecified atom stereocenters. The number of ether oxygens (including phenoxy) is 2. The van der Waals surface area contributed by atoms with E-state index in [4.69, 9.17) is 14.6 Å². The van der Waals surface area contributed by atoms with Crippen molar-refractivity contribution in [3.05, 3.63) is 53.6 Å². The van der Waals surface area contributed by atoms with Gasteiger partial charge in [0.15, 0.2) is 11.5 Å². The Morgan fingerprint density at radius 3 is 2.43 bits per heavy atom. The summed E-state index contributed by atoms with van der Waals surface area (Å²) in [5.74, 6) is 0.907. The van der Waals surface area contributed by atoms with E-state index in [0.29, 0.717) is 36.6 Å². The fourth-order valence-corrected chi connectivity index (χ4v) is 3.04. The Hall–Kier alpha value is -2.58. The first kappa shape index (κ1) is 21.7. The molecule has 0 bridgehead atoms. The number of carbonyl (C=O) groups excluding carboxylic acids is 1. The van der Waals surface area contributed by atoms with Crippen molar-refractivity contribution in [1.29, 1.82) is 0 Å². The van der Waals surface area contributed by atoms with Crippen molar-refractivity contribution in [2.24, 2.45) is 5.14 Å². The van der Waals surface area contributed by atoms with Gasteiger partial charge in [-0.25, -0.2) is 13.6 Å². The molecule has 2 aromatic rings. The minimum absolute atomic E-state index is 0.0635. The highest BCUT2D eigenvalue weighted by molar-refractivity contribution is 7.89. The van der Waals surface area contributed by atoms with Crippen molar-refractivity contribution in [3.8, 4) is 11.5 Å². The Morgan fingerprint density at radius 1 is 1.11 bits per heavy atom. The number of benzene rings is 2. The first-order chi connectivity index (χ1) is 13.3. The lowest BCUT2D eigenvalue weighted by molar-refractivity contribution is 0.0953. The van der Waals surface area contributed by atoms with E-state index >= 15 is 0 Å². The van der Waals surface area contributed by atoms with Crippen LogP contribution in [0, 0.1) is 0 Å².